The van der Waals surface area contributed by atoms with E-state index in [1.807, 2.05) is 72.9 Å². The maximum atomic E-state index is 13.2. The summed E-state index contributed by atoms with van der Waals surface area (Å²) in [6.07, 6.45) is -2.62. The number of para-hydroxylation sites is 1. The van der Waals surface area contributed by atoms with E-state index in [0.29, 0.717) is 5.75 Å². The molecule has 4 aromatic carbocycles. The van der Waals surface area contributed by atoms with E-state index in [2.05, 4.69) is 16.0 Å². The van der Waals surface area contributed by atoms with Crippen LogP contribution in [0.1, 0.15) is 28.8 Å². The first kappa shape index (κ1) is 28.7. The molecule has 0 fully saturated rings. The van der Waals surface area contributed by atoms with Crippen LogP contribution in [0.3, 0.4) is 0 Å². The second-order valence-corrected chi connectivity index (χ2v) is 8.82. The first-order valence-corrected chi connectivity index (χ1v) is 12.6. The molecule has 7 nitrogen and oxygen atoms in total. The number of carbonyl (C=O) groups excluding carboxylic acids is 1. The van der Waals surface area contributed by atoms with Crippen molar-refractivity contribution in [1.29, 1.82) is 5.26 Å². The van der Waals surface area contributed by atoms with Crippen LogP contribution in [0.4, 0.5) is 23.7 Å². The molecule has 0 saturated heterocycles. The Kier molecular flexibility index (Phi) is 9.57. The van der Waals surface area contributed by atoms with Crippen molar-refractivity contribution >= 4 is 17.6 Å². The molecule has 2 atom stereocenters. The van der Waals surface area contributed by atoms with Crippen LogP contribution in [0.2, 0.25) is 0 Å². The second kappa shape index (κ2) is 13.7. The summed E-state index contributed by atoms with van der Waals surface area (Å²) in [4.78, 5) is 18.1. The van der Waals surface area contributed by atoms with Gasteiger partial charge in [0.15, 0.2) is 6.19 Å². The number of carbonyl (C=O) groups is 1. The smallest absolute Gasteiger partial charge is 0.416 e. The van der Waals surface area contributed by atoms with Crippen molar-refractivity contribution in [3.8, 4) is 11.9 Å². The molecule has 2 unspecified atom stereocenters. The van der Waals surface area contributed by atoms with Crippen LogP contribution in [-0.2, 0) is 6.18 Å². The van der Waals surface area contributed by atoms with Gasteiger partial charge in [0.05, 0.1) is 11.6 Å². The van der Waals surface area contributed by atoms with Crippen molar-refractivity contribution in [2.24, 2.45) is 4.99 Å². The number of anilines is 1. The molecule has 0 spiro atoms. The zero-order valence-electron chi connectivity index (χ0n) is 21.7. The van der Waals surface area contributed by atoms with Gasteiger partial charge in [0.25, 0.3) is 0 Å². The van der Waals surface area contributed by atoms with Gasteiger partial charge < -0.3 is 20.7 Å². The predicted octanol–water partition coefficient (Wildman–Crippen LogP) is 6.86. The molecule has 0 aromatic heterocycles. The summed E-state index contributed by atoms with van der Waals surface area (Å²) in [5.74, 6) is 0.722. The quantitative estimate of drug-likeness (QED) is 0.0907. The first-order valence-electron chi connectivity index (χ1n) is 12.6. The fraction of sp³-hybridized carbons (Fsp3) is 0.129. The van der Waals surface area contributed by atoms with E-state index >= 15 is 0 Å². The number of ether oxygens (including phenoxy) is 1. The summed E-state index contributed by atoms with van der Waals surface area (Å²) in [6.45, 7) is -0.00596. The Hall–Kier alpha value is -5.30. The average molecular weight is 558 g/mol. The summed E-state index contributed by atoms with van der Waals surface area (Å²) in [5.41, 5.74) is 0.844. The zero-order valence-corrected chi connectivity index (χ0v) is 21.7. The number of hydrogen-bond acceptors (Lipinski definition) is 5. The SMILES string of the molecule is N#CNCC(=NC(c1ccccc1)C(NC(=O)Nc1ccc(C(F)(F)F)cc1)c1ccccc1)Oc1ccccc1. The van der Waals surface area contributed by atoms with Gasteiger partial charge in [-0.3, -0.25) is 0 Å². The Bertz CT molecular complexity index is 1470. The van der Waals surface area contributed by atoms with E-state index in [1.54, 1.807) is 24.3 Å². The number of halogens is 3. The molecule has 4 rings (SSSR count). The van der Waals surface area contributed by atoms with Crippen LogP contribution < -0.4 is 20.7 Å². The summed E-state index contributed by atoms with van der Waals surface area (Å²) >= 11 is 0. The lowest BCUT2D eigenvalue weighted by Crippen LogP contribution is -2.36. The molecule has 4 aromatic rings. The Morgan fingerprint density at radius 1 is 0.829 bits per heavy atom. The Morgan fingerprint density at radius 3 is 1.95 bits per heavy atom. The fourth-order valence-corrected chi connectivity index (χ4v) is 4.05. The van der Waals surface area contributed by atoms with E-state index in [0.717, 1.165) is 23.3 Å². The van der Waals surface area contributed by atoms with E-state index in [4.69, 9.17) is 15.0 Å². The van der Waals surface area contributed by atoms with E-state index in [1.165, 1.54) is 12.1 Å². The Morgan fingerprint density at radius 2 is 1.39 bits per heavy atom. The number of amides is 2. The topological polar surface area (TPSA) is 98.5 Å². The second-order valence-electron chi connectivity index (χ2n) is 8.82. The highest BCUT2D eigenvalue weighted by molar-refractivity contribution is 5.89. The van der Waals surface area contributed by atoms with Crippen LogP contribution in [0.5, 0.6) is 5.75 Å². The third kappa shape index (κ3) is 8.34. The molecule has 0 aliphatic heterocycles. The predicted molar refractivity (Wildman–Crippen MR) is 150 cm³/mol. The van der Waals surface area contributed by atoms with Crippen molar-refractivity contribution in [3.63, 3.8) is 0 Å². The molecular formula is C31H26F3N5O2. The maximum Gasteiger partial charge on any atom is 0.416 e. The highest BCUT2D eigenvalue weighted by Gasteiger charge is 2.30. The van der Waals surface area contributed by atoms with Gasteiger partial charge in [-0.05, 0) is 47.5 Å². The van der Waals surface area contributed by atoms with Crippen LogP contribution in [-0.4, -0.2) is 18.5 Å². The molecular weight excluding hydrogens is 531 g/mol. The monoisotopic (exact) mass is 557 g/mol. The standard InChI is InChI=1S/C31H26F3N5O2/c32-31(33,34)24-16-18-25(19-17-24)37-30(40)39-29(23-12-6-2-7-13-23)28(22-10-4-1-5-11-22)38-27(20-36-21-35)41-26-14-8-3-9-15-26/h1-19,28-29,36H,20H2,(H2,37,39,40). The van der Waals surface area contributed by atoms with Gasteiger partial charge in [-0.15, -0.1) is 0 Å². The van der Waals surface area contributed by atoms with Gasteiger partial charge in [-0.25, -0.2) is 9.79 Å². The van der Waals surface area contributed by atoms with Gasteiger partial charge in [0.1, 0.15) is 18.3 Å². The molecule has 208 valence electrons. The normalized spacial score (nSPS) is 12.9. The minimum atomic E-state index is -4.49. The van der Waals surface area contributed by atoms with Crippen molar-refractivity contribution in [2.75, 3.05) is 11.9 Å². The number of nitriles is 1. The summed E-state index contributed by atoms with van der Waals surface area (Å²) in [5, 5.41) is 17.2. The Labute approximate surface area is 235 Å². The molecule has 0 aliphatic carbocycles. The van der Waals surface area contributed by atoms with Gasteiger partial charge in [0, 0.05) is 5.69 Å². The number of hydrogen-bond donors (Lipinski definition) is 3. The summed E-state index contributed by atoms with van der Waals surface area (Å²) in [7, 11) is 0. The zero-order chi connectivity index (χ0) is 29.1. The number of nitrogens with zero attached hydrogens (tertiary/aromatic N) is 2. The lowest BCUT2D eigenvalue weighted by Gasteiger charge is -2.27. The molecule has 0 saturated carbocycles. The molecule has 3 N–H and O–H groups in total. The lowest BCUT2D eigenvalue weighted by molar-refractivity contribution is -0.137. The molecule has 10 heteroatoms. The largest absolute Gasteiger partial charge is 0.441 e. The molecule has 0 bridgehead atoms. The van der Waals surface area contributed by atoms with Gasteiger partial charge in [-0.2, -0.15) is 18.4 Å². The minimum absolute atomic E-state index is 0.00596. The van der Waals surface area contributed by atoms with Crippen molar-refractivity contribution < 1.29 is 22.7 Å². The average Bonchev–Trinajstić information content (AvgIpc) is 2.98. The van der Waals surface area contributed by atoms with Crippen LogP contribution >= 0.6 is 0 Å². The third-order valence-corrected chi connectivity index (χ3v) is 5.95. The number of rotatable bonds is 9. The molecule has 0 aliphatic rings. The van der Waals surface area contributed by atoms with Gasteiger partial charge in [0.2, 0.25) is 5.90 Å². The minimum Gasteiger partial charge on any atom is -0.441 e. The first-order chi connectivity index (χ1) is 19.8. The summed E-state index contributed by atoms with van der Waals surface area (Å²) in [6, 6.07) is 29.4. The number of nitrogens with one attached hydrogen (secondary N) is 3. The van der Waals surface area contributed by atoms with Gasteiger partial charge in [-0.1, -0.05) is 78.9 Å². The van der Waals surface area contributed by atoms with Crippen LogP contribution in [0.25, 0.3) is 0 Å². The van der Waals surface area contributed by atoms with Crippen molar-refractivity contribution in [3.05, 3.63) is 132 Å². The molecule has 41 heavy (non-hydrogen) atoms. The van der Waals surface area contributed by atoms with Crippen LogP contribution in [0.15, 0.2) is 120 Å². The molecule has 0 heterocycles. The third-order valence-electron chi connectivity index (χ3n) is 5.95. The molecule has 2 amide bonds. The van der Waals surface area contributed by atoms with Gasteiger partial charge >= 0.3 is 12.2 Å². The van der Waals surface area contributed by atoms with Crippen molar-refractivity contribution in [1.82, 2.24) is 10.6 Å². The highest BCUT2D eigenvalue weighted by Crippen LogP contribution is 2.33. The Balaban J connectivity index is 1.69. The summed E-state index contributed by atoms with van der Waals surface area (Å²) < 4.78 is 44.9. The molecule has 0 radical (unpaired) electrons. The number of aliphatic imine (C=N–C) groups is 1. The van der Waals surface area contributed by atoms with E-state index in [-0.39, 0.29) is 18.1 Å². The van der Waals surface area contributed by atoms with E-state index in [9.17, 15) is 18.0 Å². The fourth-order valence-electron chi connectivity index (χ4n) is 4.05. The number of benzene rings is 4. The van der Waals surface area contributed by atoms with Crippen molar-refractivity contribution in [2.45, 2.75) is 18.3 Å². The maximum absolute atomic E-state index is 13.2. The highest BCUT2D eigenvalue weighted by atomic mass is 19.4. The number of alkyl halides is 3. The van der Waals surface area contributed by atoms with E-state index < -0.39 is 29.9 Å². The van der Waals surface area contributed by atoms with Crippen LogP contribution in [0, 0.1) is 11.5 Å². The number of urea groups is 1. The lowest BCUT2D eigenvalue weighted by atomic mass is 9.93.